The molecule has 0 amide bonds. The van der Waals surface area contributed by atoms with Gasteiger partial charge in [-0.2, -0.15) is 0 Å². The van der Waals surface area contributed by atoms with Gasteiger partial charge in [0.05, 0.1) is 12.3 Å². The molecule has 3 rings (SSSR count). The number of aryl methyl sites for hydroxylation is 1. The quantitative estimate of drug-likeness (QED) is 0.751. The van der Waals surface area contributed by atoms with E-state index in [-0.39, 0.29) is 6.61 Å². The lowest BCUT2D eigenvalue weighted by atomic mass is 9.98. The van der Waals surface area contributed by atoms with Crippen LogP contribution in [0.3, 0.4) is 0 Å². The van der Waals surface area contributed by atoms with Gasteiger partial charge in [-0.15, -0.1) is 0 Å². The average molecular weight is 249 g/mol. The van der Waals surface area contributed by atoms with E-state index >= 15 is 0 Å². The molecule has 3 aromatic rings. The van der Waals surface area contributed by atoms with Gasteiger partial charge in [-0.05, 0) is 12.3 Å². The number of fused-ring (bicyclic) bond motifs is 1. The molecule has 19 heavy (non-hydrogen) atoms. The molecule has 0 bridgehead atoms. The summed E-state index contributed by atoms with van der Waals surface area (Å²) in [5.41, 5.74) is 3.80. The van der Waals surface area contributed by atoms with Gasteiger partial charge in [-0.1, -0.05) is 54.6 Å². The maximum Gasteiger partial charge on any atom is 0.0766 e. The molecule has 2 aromatic carbocycles. The molecule has 0 aliphatic heterocycles. The van der Waals surface area contributed by atoms with E-state index in [9.17, 15) is 5.11 Å². The molecule has 2 heteroatoms. The molecule has 94 valence electrons. The van der Waals surface area contributed by atoms with Crippen LogP contribution in [0.2, 0.25) is 0 Å². The van der Waals surface area contributed by atoms with Crippen molar-refractivity contribution in [3.8, 4) is 11.3 Å². The summed E-state index contributed by atoms with van der Waals surface area (Å²) in [6.45, 7) is 2.01. The van der Waals surface area contributed by atoms with Crippen LogP contribution in [0, 0.1) is 6.92 Å². The molecule has 1 heterocycles. The fourth-order valence-electron chi connectivity index (χ4n) is 2.48. The Morgan fingerprint density at radius 2 is 1.53 bits per heavy atom. The highest BCUT2D eigenvalue weighted by Crippen LogP contribution is 2.30. The first-order chi connectivity index (χ1) is 9.31. The van der Waals surface area contributed by atoms with Crippen molar-refractivity contribution in [2.24, 2.45) is 0 Å². The van der Waals surface area contributed by atoms with Crippen LogP contribution in [0.15, 0.2) is 54.6 Å². The van der Waals surface area contributed by atoms with E-state index < -0.39 is 0 Å². The minimum atomic E-state index is -0.00196. The zero-order chi connectivity index (χ0) is 13.2. The third-order valence-electron chi connectivity index (χ3n) is 3.41. The van der Waals surface area contributed by atoms with Gasteiger partial charge in [0.1, 0.15) is 0 Å². The van der Waals surface area contributed by atoms with E-state index in [2.05, 4.69) is 4.98 Å². The third kappa shape index (κ3) is 2.00. The van der Waals surface area contributed by atoms with Crippen LogP contribution in [-0.2, 0) is 6.61 Å². The van der Waals surface area contributed by atoms with Crippen LogP contribution >= 0.6 is 0 Å². The van der Waals surface area contributed by atoms with Gasteiger partial charge in [0.25, 0.3) is 0 Å². The molecule has 0 aliphatic rings. The first kappa shape index (κ1) is 11.9. The van der Waals surface area contributed by atoms with E-state index in [1.165, 1.54) is 0 Å². The predicted octanol–water partition coefficient (Wildman–Crippen LogP) is 3.70. The third-order valence-corrected chi connectivity index (χ3v) is 3.41. The lowest BCUT2D eigenvalue weighted by molar-refractivity contribution is 0.283. The first-order valence-corrected chi connectivity index (χ1v) is 6.36. The maximum absolute atomic E-state index is 9.73. The Bertz CT molecular complexity index is 720. The smallest absolute Gasteiger partial charge is 0.0766 e. The Kier molecular flexibility index (Phi) is 3.02. The van der Waals surface area contributed by atoms with Crippen LogP contribution in [0.5, 0.6) is 0 Å². The summed E-state index contributed by atoms with van der Waals surface area (Å²) in [5, 5.41) is 11.9. The molecule has 0 unspecified atom stereocenters. The van der Waals surface area contributed by atoms with Crippen molar-refractivity contribution in [3.05, 3.63) is 65.9 Å². The summed E-state index contributed by atoms with van der Waals surface area (Å²) in [6.07, 6.45) is 0. The fraction of sp³-hybridized carbons (Fsp3) is 0.118. The number of pyridine rings is 1. The fourth-order valence-corrected chi connectivity index (χ4v) is 2.48. The van der Waals surface area contributed by atoms with Crippen LogP contribution in [0.25, 0.3) is 22.0 Å². The molecule has 2 nitrogen and oxygen atoms in total. The summed E-state index contributed by atoms with van der Waals surface area (Å²) >= 11 is 0. The number of hydrogen-bond donors (Lipinski definition) is 1. The van der Waals surface area contributed by atoms with Crippen LogP contribution in [0.1, 0.15) is 11.3 Å². The number of benzene rings is 2. The molecule has 1 aromatic heterocycles. The van der Waals surface area contributed by atoms with E-state index in [0.717, 1.165) is 33.3 Å². The Balaban J connectivity index is 2.37. The van der Waals surface area contributed by atoms with Crippen molar-refractivity contribution in [2.45, 2.75) is 13.5 Å². The molecular weight excluding hydrogens is 234 g/mol. The van der Waals surface area contributed by atoms with Crippen LogP contribution < -0.4 is 0 Å². The molecule has 1 N–H and O–H groups in total. The van der Waals surface area contributed by atoms with E-state index in [1.807, 2.05) is 61.5 Å². The van der Waals surface area contributed by atoms with Gasteiger partial charge >= 0.3 is 0 Å². The van der Waals surface area contributed by atoms with Crippen molar-refractivity contribution < 1.29 is 5.11 Å². The lowest BCUT2D eigenvalue weighted by Crippen LogP contribution is -1.98. The van der Waals surface area contributed by atoms with E-state index in [1.54, 1.807) is 0 Å². The molecule has 0 radical (unpaired) electrons. The second-order valence-electron chi connectivity index (χ2n) is 4.59. The van der Waals surface area contributed by atoms with Crippen molar-refractivity contribution in [1.82, 2.24) is 4.98 Å². The molecular formula is C17H15NO. The summed E-state index contributed by atoms with van der Waals surface area (Å²) in [6, 6.07) is 18.1. The summed E-state index contributed by atoms with van der Waals surface area (Å²) < 4.78 is 0. The van der Waals surface area contributed by atoms with Gasteiger partial charge in [-0.3, -0.25) is 4.98 Å². The predicted molar refractivity (Wildman–Crippen MR) is 77.8 cm³/mol. The highest BCUT2D eigenvalue weighted by Gasteiger charge is 2.12. The van der Waals surface area contributed by atoms with Gasteiger partial charge in [-0.25, -0.2) is 0 Å². The molecule has 0 saturated carbocycles. The number of aromatic nitrogens is 1. The van der Waals surface area contributed by atoms with Crippen molar-refractivity contribution in [3.63, 3.8) is 0 Å². The normalized spacial score (nSPS) is 10.8. The number of hydrogen-bond acceptors (Lipinski definition) is 2. The average Bonchev–Trinajstić information content (AvgIpc) is 2.48. The summed E-state index contributed by atoms with van der Waals surface area (Å²) in [5.74, 6) is 0. The minimum absolute atomic E-state index is 0.00196. The van der Waals surface area contributed by atoms with Crippen LogP contribution in [0.4, 0.5) is 0 Å². The van der Waals surface area contributed by atoms with E-state index in [4.69, 9.17) is 0 Å². The Hall–Kier alpha value is -2.19. The van der Waals surface area contributed by atoms with Crippen molar-refractivity contribution in [1.29, 1.82) is 0 Å². The van der Waals surface area contributed by atoms with E-state index in [0.29, 0.717) is 0 Å². The second-order valence-corrected chi connectivity index (χ2v) is 4.59. The molecule has 0 spiro atoms. The Morgan fingerprint density at radius 3 is 2.21 bits per heavy atom. The SMILES string of the molecule is Cc1nc(-c2ccccc2)c(CO)c2ccccc12. The summed E-state index contributed by atoms with van der Waals surface area (Å²) in [4.78, 5) is 4.68. The molecule has 0 fully saturated rings. The van der Waals surface area contributed by atoms with Crippen molar-refractivity contribution in [2.75, 3.05) is 0 Å². The number of aliphatic hydroxyl groups excluding tert-OH is 1. The molecule has 0 saturated heterocycles. The van der Waals surface area contributed by atoms with Gasteiger partial charge in [0.2, 0.25) is 0 Å². The molecule has 0 atom stereocenters. The summed E-state index contributed by atoms with van der Waals surface area (Å²) in [7, 11) is 0. The number of nitrogens with zero attached hydrogens (tertiary/aromatic N) is 1. The molecule has 0 aliphatic carbocycles. The highest BCUT2D eigenvalue weighted by molar-refractivity contribution is 5.91. The van der Waals surface area contributed by atoms with Gasteiger partial charge in [0.15, 0.2) is 0 Å². The van der Waals surface area contributed by atoms with Gasteiger partial charge in [0, 0.05) is 22.2 Å². The highest BCUT2D eigenvalue weighted by atomic mass is 16.3. The lowest BCUT2D eigenvalue weighted by Gasteiger charge is -2.12. The zero-order valence-electron chi connectivity index (χ0n) is 10.8. The monoisotopic (exact) mass is 249 g/mol. The topological polar surface area (TPSA) is 33.1 Å². The number of rotatable bonds is 2. The largest absolute Gasteiger partial charge is 0.392 e. The van der Waals surface area contributed by atoms with Crippen LogP contribution in [-0.4, -0.2) is 10.1 Å². The first-order valence-electron chi connectivity index (χ1n) is 6.36. The van der Waals surface area contributed by atoms with Gasteiger partial charge < -0.3 is 5.11 Å². The Labute approximate surface area is 112 Å². The number of aliphatic hydroxyl groups is 1. The minimum Gasteiger partial charge on any atom is -0.392 e. The maximum atomic E-state index is 9.73. The zero-order valence-corrected chi connectivity index (χ0v) is 10.8. The standard InChI is InChI=1S/C17H15NO/c1-12-14-9-5-6-10-15(14)16(11-19)17(18-12)13-7-3-2-4-8-13/h2-10,19H,11H2,1H3. The second kappa shape index (κ2) is 4.82. The van der Waals surface area contributed by atoms with Crippen molar-refractivity contribution >= 4 is 10.8 Å². The Morgan fingerprint density at radius 1 is 0.895 bits per heavy atom.